The van der Waals surface area contributed by atoms with Gasteiger partial charge in [-0.25, -0.2) is 12.7 Å². The normalized spacial score (nSPS) is 11.6. The number of halogens is 1. The SMILES string of the molecule is CCCN(CCNC(=O)c1cccc(Cl)c1)S(C)(=O)=O. The first-order valence-corrected chi connectivity index (χ1v) is 8.56. The molecule has 0 saturated carbocycles. The van der Waals surface area contributed by atoms with Crippen molar-refractivity contribution >= 4 is 27.5 Å². The Morgan fingerprint density at radius 1 is 1.35 bits per heavy atom. The van der Waals surface area contributed by atoms with Crippen molar-refractivity contribution in [2.45, 2.75) is 13.3 Å². The van der Waals surface area contributed by atoms with Gasteiger partial charge in [0.05, 0.1) is 6.26 Å². The molecular weight excluding hydrogens is 300 g/mol. The zero-order chi connectivity index (χ0) is 15.2. The summed E-state index contributed by atoms with van der Waals surface area (Å²) in [6.45, 7) is 2.88. The van der Waals surface area contributed by atoms with Gasteiger partial charge in [-0.3, -0.25) is 4.79 Å². The average Bonchev–Trinajstić information content (AvgIpc) is 2.36. The van der Waals surface area contributed by atoms with E-state index in [0.717, 1.165) is 6.42 Å². The highest BCUT2D eigenvalue weighted by atomic mass is 35.5. The maximum Gasteiger partial charge on any atom is 0.251 e. The lowest BCUT2D eigenvalue weighted by atomic mass is 10.2. The predicted octanol–water partition coefficient (Wildman–Crippen LogP) is 1.74. The molecule has 0 aliphatic rings. The minimum atomic E-state index is -3.24. The van der Waals surface area contributed by atoms with Crippen LogP contribution < -0.4 is 5.32 Å². The van der Waals surface area contributed by atoms with Crippen LogP contribution in [0.25, 0.3) is 0 Å². The molecule has 1 rings (SSSR count). The van der Waals surface area contributed by atoms with E-state index in [4.69, 9.17) is 11.6 Å². The Morgan fingerprint density at radius 2 is 2.05 bits per heavy atom. The fourth-order valence-electron chi connectivity index (χ4n) is 1.72. The van der Waals surface area contributed by atoms with Gasteiger partial charge in [0, 0.05) is 30.2 Å². The van der Waals surface area contributed by atoms with E-state index < -0.39 is 10.0 Å². The van der Waals surface area contributed by atoms with E-state index in [1.807, 2.05) is 6.92 Å². The first kappa shape index (κ1) is 16.9. The first-order valence-electron chi connectivity index (χ1n) is 6.33. The van der Waals surface area contributed by atoms with E-state index in [2.05, 4.69) is 5.32 Å². The summed E-state index contributed by atoms with van der Waals surface area (Å²) in [7, 11) is -3.24. The molecule has 0 saturated heterocycles. The van der Waals surface area contributed by atoms with Gasteiger partial charge in [-0.15, -0.1) is 0 Å². The number of rotatable bonds is 7. The van der Waals surface area contributed by atoms with Crippen molar-refractivity contribution in [3.8, 4) is 0 Å². The molecule has 0 atom stereocenters. The Balaban J connectivity index is 2.53. The maximum atomic E-state index is 11.8. The van der Waals surface area contributed by atoms with Crippen molar-refractivity contribution in [3.63, 3.8) is 0 Å². The summed E-state index contributed by atoms with van der Waals surface area (Å²) in [4.78, 5) is 11.8. The highest BCUT2D eigenvalue weighted by Gasteiger charge is 2.15. The molecule has 5 nitrogen and oxygen atoms in total. The average molecular weight is 319 g/mol. The van der Waals surface area contributed by atoms with Crippen molar-refractivity contribution < 1.29 is 13.2 Å². The summed E-state index contributed by atoms with van der Waals surface area (Å²) >= 11 is 5.81. The molecule has 0 heterocycles. The highest BCUT2D eigenvalue weighted by molar-refractivity contribution is 7.88. The molecule has 0 aromatic heterocycles. The predicted molar refractivity (Wildman–Crippen MR) is 80.5 cm³/mol. The number of benzene rings is 1. The van der Waals surface area contributed by atoms with E-state index in [-0.39, 0.29) is 19.0 Å². The van der Waals surface area contributed by atoms with Gasteiger partial charge in [-0.05, 0) is 24.6 Å². The van der Waals surface area contributed by atoms with Gasteiger partial charge in [0.2, 0.25) is 10.0 Å². The van der Waals surface area contributed by atoms with Gasteiger partial charge >= 0.3 is 0 Å². The number of hydrogen-bond acceptors (Lipinski definition) is 3. The Morgan fingerprint density at radius 3 is 2.60 bits per heavy atom. The zero-order valence-corrected chi connectivity index (χ0v) is 13.2. The zero-order valence-electron chi connectivity index (χ0n) is 11.6. The molecule has 0 fully saturated rings. The summed E-state index contributed by atoms with van der Waals surface area (Å²) in [6, 6.07) is 6.60. The van der Waals surface area contributed by atoms with Gasteiger partial charge in [-0.2, -0.15) is 0 Å². The molecule has 1 aromatic carbocycles. The molecule has 0 bridgehead atoms. The Kier molecular flexibility index (Phi) is 6.45. The molecule has 0 aliphatic heterocycles. The van der Waals surface area contributed by atoms with Gasteiger partial charge in [0.15, 0.2) is 0 Å². The number of hydrogen-bond donors (Lipinski definition) is 1. The van der Waals surface area contributed by atoms with Crippen molar-refractivity contribution in [1.82, 2.24) is 9.62 Å². The minimum Gasteiger partial charge on any atom is -0.351 e. The van der Waals surface area contributed by atoms with E-state index in [0.29, 0.717) is 17.1 Å². The molecule has 1 N–H and O–H groups in total. The molecule has 0 unspecified atom stereocenters. The summed E-state index contributed by atoms with van der Waals surface area (Å²) in [6.07, 6.45) is 1.90. The van der Waals surface area contributed by atoms with Crippen LogP contribution in [0.5, 0.6) is 0 Å². The third-order valence-electron chi connectivity index (χ3n) is 2.68. The molecule has 0 spiro atoms. The fraction of sp³-hybridized carbons (Fsp3) is 0.462. The third-order valence-corrected chi connectivity index (χ3v) is 4.21. The topological polar surface area (TPSA) is 66.5 Å². The fourth-order valence-corrected chi connectivity index (χ4v) is 2.85. The molecule has 1 aromatic rings. The molecule has 0 aliphatic carbocycles. The summed E-state index contributed by atoms with van der Waals surface area (Å²) in [5.41, 5.74) is 0.457. The van der Waals surface area contributed by atoms with E-state index in [1.54, 1.807) is 24.3 Å². The van der Waals surface area contributed by atoms with E-state index >= 15 is 0 Å². The maximum absolute atomic E-state index is 11.8. The van der Waals surface area contributed by atoms with E-state index in [9.17, 15) is 13.2 Å². The lowest BCUT2D eigenvalue weighted by molar-refractivity contribution is 0.0951. The molecule has 112 valence electrons. The van der Waals surface area contributed by atoms with Crippen LogP contribution >= 0.6 is 11.6 Å². The number of nitrogens with zero attached hydrogens (tertiary/aromatic N) is 1. The monoisotopic (exact) mass is 318 g/mol. The number of sulfonamides is 1. The van der Waals surface area contributed by atoms with Crippen LogP contribution in [0.1, 0.15) is 23.7 Å². The lowest BCUT2D eigenvalue weighted by Gasteiger charge is -2.19. The van der Waals surface area contributed by atoms with Crippen LogP contribution in [-0.2, 0) is 10.0 Å². The summed E-state index contributed by atoms with van der Waals surface area (Å²) < 4.78 is 24.4. The van der Waals surface area contributed by atoms with E-state index in [1.165, 1.54) is 10.6 Å². The largest absolute Gasteiger partial charge is 0.351 e. The third kappa shape index (κ3) is 5.48. The van der Waals surface area contributed by atoms with Gasteiger partial charge in [-0.1, -0.05) is 24.6 Å². The molecule has 20 heavy (non-hydrogen) atoms. The Bertz CT molecular complexity index is 560. The van der Waals surface area contributed by atoms with Crippen molar-refractivity contribution in [2.24, 2.45) is 0 Å². The van der Waals surface area contributed by atoms with Gasteiger partial charge in [0.25, 0.3) is 5.91 Å². The van der Waals surface area contributed by atoms with Crippen molar-refractivity contribution in [3.05, 3.63) is 34.9 Å². The quantitative estimate of drug-likeness (QED) is 0.832. The second-order valence-corrected chi connectivity index (χ2v) is 6.85. The number of carbonyl (C=O) groups excluding carboxylic acids is 1. The number of nitrogens with one attached hydrogen (secondary N) is 1. The second-order valence-electron chi connectivity index (χ2n) is 4.43. The molecule has 7 heteroatoms. The number of carbonyl (C=O) groups is 1. The van der Waals surface area contributed by atoms with Crippen LogP contribution in [0.2, 0.25) is 5.02 Å². The molecule has 0 radical (unpaired) electrons. The first-order chi connectivity index (χ1) is 9.34. The van der Waals surface area contributed by atoms with Crippen LogP contribution in [0.4, 0.5) is 0 Å². The smallest absolute Gasteiger partial charge is 0.251 e. The lowest BCUT2D eigenvalue weighted by Crippen LogP contribution is -2.38. The van der Waals surface area contributed by atoms with Crippen LogP contribution in [0.15, 0.2) is 24.3 Å². The van der Waals surface area contributed by atoms with Crippen molar-refractivity contribution in [1.29, 1.82) is 0 Å². The van der Waals surface area contributed by atoms with Crippen LogP contribution in [0, 0.1) is 0 Å². The highest BCUT2D eigenvalue weighted by Crippen LogP contribution is 2.10. The summed E-state index contributed by atoms with van der Waals surface area (Å²) in [5, 5.41) is 3.17. The Hall–Kier alpha value is -1.11. The Labute approximate surface area is 125 Å². The minimum absolute atomic E-state index is 0.262. The number of amides is 1. The van der Waals surface area contributed by atoms with Gasteiger partial charge in [0.1, 0.15) is 0 Å². The van der Waals surface area contributed by atoms with Crippen LogP contribution in [-0.4, -0.2) is 44.5 Å². The standard InChI is InChI=1S/C13H19ClN2O3S/c1-3-8-16(20(2,18)19)9-7-15-13(17)11-5-4-6-12(14)10-11/h4-6,10H,3,7-9H2,1-2H3,(H,15,17). The van der Waals surface area contributed by atoms with Gasteiger partial charge < -0.3 is 5.32 Å². The van der Waals surface area contributed by atoms with Crippen molar-refractivity contribution in [2.75, 3.05) is 25.9 Å². The molecule has 1 amide bonds. The molecular formula is C13H19ClN2O3S. The second kappa shape index (κ2) is 7.61. The van der Waals surface area contributed by atoms with Crippen LogP contribution in [0.3, 0.4) is 0 Å². The summed E-state index contributed by atoms with van der Waals surface area (Å²) in [5.74, 6) is -0.266.